The first-order valence-corrected chi connectivity index (χ1v) is 5.64. The molecule has 4 rings (SSSR count). The molecule has 1 radical (unpaired) electrons. The Balaban J connectivity index is 2.38. The Bertz CT molecular complexity index is 834. The maximum Gasteiger partial charge on any atom is 0.144 e. The monoisotopic (exact) mass is 217 g/mol. The minimum absolute atomic E-state index is 0.838. The van der Waals surface area contributed by atoms with Gasteiger partial charge < -0.3 is 4.42 Å². The summed E-state index contributed by atoms with van der Waals surface area (Å²) in [4.78, 5) is 0. The summed E-state index contributed by atoms with van der Waals surface area (Å²) < 4.78 is 5.80. The molecule has 0 amide bonds. The molecule has 4 aromatic rings. The van der Waals surface area contributed by atoms with Gasteiger partial charge in [0.05, 0.1) is 0 Å². The summed E-state index contributed by atoms with van der Waals surface area (Å²) in [5, 5.41) is 4.76. The van der Waals surface area contributed by atoms with E-state index in [9.17, 15) is 0 Å². The van der Waals surface area contributed by atoms with E-state index in [0.717, 1.165) is 16.6 Å². The molecule has 79 valence electrons. The smallest absolute Gasteiger partial charge is 0.144 e. The molecule has 0 bridgehead atoms. The topological polar surface area (TPSA) is 13.1 Å². The van der Waals surface area contributed by atoms with Gasteiger partial charge in [0, 0.05) is 16.8 Å². The number of hydrogen-bond acceptors (Lipinski definition) is 1. The fraction of sp³-hybridized carbons (Fsp3) is 0. The zero-order valence-electron chi connectivity index (χ0n) is 9.10. The van der Waals surface area contributed by atoms with E-state index in [0.29, 0.717) is 0 Å². The van der Waals surface area contributed by atoms with Crippen LogP contribution in [0.25, 0.3) is 32.7 Å². The number of fused-ring (bicyclic) bond motifs is 5. The van der Waals surface area contributed by atoms with Crippen molar-refractivity contribution in [2.45, 2.75) is 0 Å². The normalized spacial score (nSPS) is 11.5. The molecule has 17 heavy (non-hydrogen) atoms. The summed E-state index contributed by atoms with van der Waals surface area (Å²) in [5.74, 6) is 0. The molecule has 0 aliphatic carbocycles. The summed E-state index contributed by atoms with van der Waals surface area (Å²) in [5.41, 5.74) is 1.76. The number of furan rings is 1. The van der Waals surface area contributed by atoms with Crippen LogP contribution in [-0.4, -0.2) is 0 Å². The van der Waals surface area contributed by atoms with Crippen LogP contribution in [0.2, 0.25) is 0 Å². The second kappa shape index (κ2) is 3.11. The Morgan fingerprint density at radius 3 is 2.53 bits per heavy atom. The summed E-state index contributed by atoms with van der Waals surface area (Å²) in [6.07, 6.45) is 0. The van der Waals surface area contributed by atoms with Crippen molar-refractivity contribution in [3.8, 4) is 0 Å². The van der Waals surface area contributed by atoms with Gasteiger partial charge in [0.1, 0.15) is 11.2 Å². The van der Waals surface area contributed by atoms with Crippen LogP contribution in [-0.2, 0) is 0 Å². The third kappa shape index (κ3) is 1.14. The Labute approximate surface area is 98.3 Å². The summed E-state index contributed by atoms with van der Waals surface area (Å²) >= 11 is 0. The molecular formula is C16H9O. The van der Waals surface area contributed by atoms with Crippen molar-refractivity contribution in [1.29, 1.82) is 0 Å². The second-order valence-electron chi connectivity index (χ2n) is 4.18. The molecule has 1 nitrogen and oxygen atoms in total. The minimum Gasteiger partial charge on any atom is -0.455 e. The fourth-order valence-corrected chi connectivity index (χ4v) is 2.41. The van der Waals surface area contributed by atoms with Gasteiger partial charge in [-0.3, -0.25) is 0 Å². The molecule has 0 unspecified atom stereocenters. The van der Waals surface area contributed by atoms with E-state index in [1.807, 2.05) is 30.3 Å². The van der Waals surface area contributed by atoms with Crippen molar-refractivity contribution in [3.63, 3.8) is 0 Å². The predicted octanol–water partition coefficient (Wildman–Crippen LogP) is 4.54. The van der Waals surface area contributed by atoms with E-state index < -0.39 is 0 Å². The van der Waals surface area contributed by atoms with E-state index in [4.69, 9.17) is 4.42 Å². The lowest BCUT2D eigenvalue weighted by Crippen LogP contribution is -1.73. The van der Waals surface area contributed by atoms with Gasteiger partial charge in [0.15, 0.2) is 0 Å². The van der Waals surface area contributed by atoms with Gasteiger partial charge in [0.2, 0.25) is 0 Å². The van der Waals surface area contributed by atoms with Crippen molar-refractivity contribution in [2.75, 3.05) is 0 Å². The van der Waals surface area contributed by atoms with E-state index in [1.54, 1.807) is 0 Å². The first-order chi connectivity index (χ1) is 8.43. The van der Waals surface area contributed by atoms with Crippen molar-refractivity contribution >= 4 is 32.7 Å². The van der Waals surface area contributed by atoms with Gasteiger partial charge in [0.25, 0.3) is 0 Å². The van der Waals surface area contributed by atoms with Crippen LogP contribution in [0.15, 0.2) is 59.0 Å². The highest BCUT2D eigenvalue weighted by atomic mass is 16.3. The van der Waals surface area contributed by atoms with Gasteiger partial charge in [-0.25, -0.2) is 0 Å². The van der Waals surface area contributed by atoms with E-state index in [1.165, 1.54) is 16.2 Å². The summed E-state index contributed by atoms with van der Waals surface area (Å²) in [6, 6.07) is 21.7. The van der Waals surface area contributed by atoms with E-state index in [-0.39, 0.29) is 0 Å². The van der Waals surface area contributed by atoms with Gasteiger partial charge >= 0.3 is 0 Å². The molecule has 0 saturated heterocycles. The fourth-order valence-electron chi connectivity index (χ4n) is 2.41. The Morgan fingerprint density at radius 1 is 0.824 bits per heavy atom. The van der Waals surface area contributed by atoms with Gasteiger partial charge in [-0.2, -0.15) is 0 Å². The molecule has 3 aromatic carbocycles. The summed E-state index contributed by atoms with van der Waals surface area (Å²) in [6.45, 7) is 0. The van der Waals surface area contributed by atoms with Crippen LogP contribution in [0, 0.1) is 6.07 Å². The highest BCUT2D eigenvalue weighted by Crippen LogP contribution is 2.33. The van der Waals surface area contributed by atoms with Gasteiger partial charge in [-0.15, -0.1) is 0 Å². The lowest BCUT2D eigenvalue weighted by molar-refractivity contribution is 0.668. The van der Waals surface area contributed by atoms with Gasteiger partial charge in [-0.1, -0.05) is 42.5 Å². The van der Waals surface area contributed by atoms with Crippen LogP contribution in [0.1, 0.15) is 0 Å². The third-order valence-corrected chi connectivity index (χ3v) is 3.18. The van der Waals surface area contributed by atoms with Crippen LogP contribution < -0.4 is 0 Å². The Morgan fingerprint density at radius 2 is 1.59 bits per heavy atom. The van der Waals surface area contributed by atoms with Crippen molar-refractivity contribution in [1.82, 2.24) is 0 Å². The first-order valence-electron chi connectivity index (χ1n) is 5.64. The molecule has 0 aliphatic rings. The van der Waals surface area contributed by atoms with Crippen LogP contribution in [0.5, 0.6) is 0 Å². The number of hydrogen-bond donors (Lipinski definition) is 0. The molecule has 0 N–H and O–H groups in total. The standard InChI is InChI=1S/C16H9O/c1-2-6-12-11(5-1)9-10-15-16(12)13-7-3-4-8-14(13)17-15/h1-9H. The number of benzene rings is 3. The third-order valence-electron chi connectivity index (χ3n) is 3.18. The van der Waals surface area contributed by atoms with Crippen LogP contribution in [0.3, 0.4) is 0 Å². The average molecular weight is 217 g/mol. The molecule has 0 saturated carbocycles. The van der Waals surface area contributed by atoms with Crippen LogP contribution in [0.4, 0.5) is 0 Å². The highest BCUT2D eigenvalue weighted by Gasteiger charge is 2.09. The first kappa shape index (κ1) is 8.82. The molecule has 1 heterocycles. The largest absolute Gasteiger partial charge is 0.455 e. The molecule has 0 aliphatic heterocycles. The molecular weight excluding hydrogens is 208 g/mol. The quantitative estimate of drug-likeness (QED) is 0.421. The van der Waals surface area contributed by atoms with E-state index in [2.05, 4.69) is 30.3 Å². The van der Waals surface area contributed by atoms with Crippen molar-refractivity contribution in [3.05, 3.63) is 60.7 Å². The van der Waals surface area contributed by atoms with Crippen LogP contribution >= 0.6 is 0 Å². The Kier molecular flexibility index (Phi) is 1.61. The van der Waals surface area contributed by atoms with Crippen molar-refractivity contribution in [2.24, 2.45) is 0 Å². The minimum atomic E-state index is 0.838. The van der Waals surface area contributed by atoms with E-state index >= 15 is 0 Å². The SMILES string of the molecule is [c]1cc2ccccc2c2c1oc1ccccc12. The number of para-hydroxylation sites is 1. The molecule has 1 heteroatoms. The Hall–Kier alpha value is -2.28. The predicted molar refractivity (Wildman–Crippen MR) is 70.1 cm³/mol. The second-order valence-corrected chi connectivity index (χ2v) is 4.18. The zero-order chi connectivity index (χ0) is 11.2. The lowest BCUT2D eigenvalue weighted by Gasteiger charge is -1.97. The zero-order valence-corrected chi connectivity index (χ0v) is 9.10. The molecule has 0 fully saturated rings. The number of rotatable bonds is 0. The molecule has 0 atom stereocenters. The summed E-state index contributed by atoms with van der Waals surface area (Å²) in [7, 11) is 0. The highest BCUT2D eigenvalue weighted by molar-refractivity contribution is 6.18. The molecule has 1 aromatic heterocycles. The lowest BCUT2D eigenvalue weighted by atomic mass is 10.0. The maximum atomic E-state index is 5.80. The van der Waals surface area contributed by atoms with Crippen molar-refractivity contribution < 1.29 is 4.42 Å². The maximum absolute atomic E-state index is 5.80. The van der Waals surface area contributed by atoms with Gasteiger partial charge in [-0.05, 0) is 22.9 Å². The molecule has 0 spiro atoms. The average Bonchev–Trinajstić information content (AvgIpc) is 2.77.